The molecule has 2 amide bonds. The van der Waals surface area contributed by atoms with Crippen molar-refractivity contribution < 1.29 is 4.79 Å². The molecule has 3 heterocycles. The maximum Gasteiger partial charge on any atom is 0.321 e. The summed E-state index contributed by atoms with van der Waals surface area (Å²) in [6, 6.07) is 18.3. The van der Waals surface area contributed by atoms with Crippen LogP contribution in [0.5, 0.6) is 0 Å². The van der Waals surface area contributed by atoms with E-state index in [1.165, 1.54) is 21.9 Å². The Balaban J connectivity index is 1.25. The lowest BCUT2D eigenvalue weighted by molar-refractivity contribution is 0.142. The van der Waals surface area contributed by atoms with Crippen LogP contribution >= 0.6 is 22.9 Å². The summed E-state index contributed by atoms with van der Waals surface area (Å²) in [6.07, 6.45) is 0. The zero-order valence-corrected chi connectivity index (χ0v) is 19.2. The van der Waals surface area contributed by atoms with Crippen LogP contribution in [0.1, 0.15) is 5.69 Å². The van der Waals surface area contributed by atoms with Gasteiger partial charge in [0.25, 0.3) is 5.56 Å². The molecule has 1 N–H and O–H groups in total. The van der Waals surface area contributed by atoms with Gasteiger partial charge in [-0.3, -0.25) is 9.69 Å². The lowest BCUT2D eigenvalue weighted by Crippen LogP contribution is -2.49. The van der Waals surface area contributed by atoms with Crippen molar-refractivity contribution in [2.45, 2.75) is 6.54 Å². The first-order valence-electron chi connectivity index (χ1n) is 10.5. The second kappa shape index (κ2) is 9.30. The third kappa shape index (κ3) is 4.75. The minimum atomic E-state index is -0.217. The summed E-state index contributed by atoms with van der Waals surface area (Å²) in [6.45, 7) is 3.17. The predicted octanol–water partition coefficient (Wildman–Crippen LogP) is 3.82. The number of benzene rings is 2. The van der Waals surface area contributed by atoms with Gasteiger partial charge >= 0.3 is 6.03 Å². The maximum absolute atomic E-state index is 12.6. The molecule has 2 aromatic heterocycles. The summed E-state index contributed by atoms with van der Waals surface area (Å²) in [4.78, 5) is 34.3. The van der Waals surface area contributed by atoms with Crippen molar-refractivity contribution in [1.82, 2.24) is 24.4 Å². The Hall–Kier alpha value is -3.27. The Kier molecular flexibility index (Phi) is 6.08. The highest BCUT2D eigenvalue weighted by Gasteiger charge is 2.22. The number of urea groups is 1. The zero-order chi connectivity index (χ0) is 22.8. The number of carbonyl (C=O) groups is 1. The van der Waals surface area contributed by atoms with Gasteiger partial charge in [0, 0.05) is 50.0 Å². The number of piperazine rings is 1. The molecule has 0 aliphatic carbocycles. The van der Waals surface area contributed by atoms with Crippen molar-refractivity contribution in [3.8, 4) is 10.6 Å². The lowest BCUT2D eigenvalue weighted by Gasteiger charge is -2.34. The molecule has 0 saturated carbocycles. The average Bonchev–Trinajstić information content (AvgIpc) is 3.25. The fraction of sp³-hybridized carbons (Fsp3) is 0.217. The van der Waals surface area contributed by atoms with Crippen LogP contribution in [-0.4, -0.2) is 56.6 Å². The van der Waals surface area contributed by atoms with Crippen molar-refractivity contribution >= 4 is 39.6 Å². The highest BCUT2D eigenvalue weighted by atomic mass is 35.5. The molecule has 2 aromatic carbocycles. The minimum Gasteiger partial charge on any atom is -0.322 e. The van der Waals surface area contributed by atoms with Crippen molar-refractivity contribution in [2.75, 3.05) is 31.5 Å². The Labute approximate surface area is 199 Å². The largest absolute Gasteiger partial charge is 0.322 e. The Bertz CT molecular complexity index is 1350. The van der Waals surface area contributed by atoms with Gasteiger partial charge in [0.05, 0.1) is 10.7 Å². The molecular formula is C23H21ClN6O2S. The number of anilines is 1. The summed E-state index contributed by atoms with van der Waals surface area (Å²) in [7, 11) is 0. The van der Waals surface area contributed by atoms with Crippen molar-refractivity contribution in [3.63, 3.8) is 0 Å². The molecule has 0 atom stereocenters. The SMILES string of the molecule is O=C(Nc1ccccc1)N1CCN(Cc2cc(=O)n3nc(-c4ccccc4Cl)sc3n2)CC1. The summed E-state index contributed by atoms with van der Waals surface area (Å²) < 4.78 is 1.32. The van der Waals surface area contributed by atoms with Gasteiger partial charge in [-0.2, -0.15) is 9.61 Å². The minimum absolute atomic E-state index is 0.101. The molecule has 4 aromatic rings. The van der Waals surface area contributed by atoms with E-state index in [0.29, 0.717) is 53.4 Å². The van der Waals surface area contributed by atoms with E-state index >= 15 is 0 Å². The zero-order valence-electron chi connectivity index (χ0n) is 17.6. The molecular weight excluding hydrogens is 460 g/mol. The standard InChI is InChI=1S/C23H21ClN6O2S/c24-19-9-5-4-8-18(19)21-27-30-20(31)14-17(26-23(30)33-21)15-28-10-12-29(13-11-28)22(32)25-16-6-2-1-3-7-16/h1-9,14H,10-13,15H2,(H,25,32). The Morgan fingerprint density at radius 1 is 1.03 bits per heavy atom. The number of nitrogens with one attached hydrogen (secondary N) is 1. The number of carbonyl (C=O) groups excluding carboxylic acids is 1. The summed E-state index contributed by atoms with van der Waals surface area (Å²) >= 11 is 7.62. The van der Waals surface area contributed by atoms with Crippen molar-refractivity contribution in [1.29, 1.82) is 0 Å². The van der Waals surface area contributed by atoms with Crippen molar-refractivity contribution in [2.24, 2.45) is 0 Å². The summed E-state index contributed by atoms with van der Waals surface area (Å²) in [5.41, 5.74) is 2.03. The summed E-state index contributed by atoms with van der Waals surface area (Å²) in [5.74, 6) is 0. The van der Waals surface area contributed by atoms with E-state index in [1.807, 2.05) is 48.5 Å². The third-order valence-corrected chi connectivity index (χ3v) is 6.74. The Morgan fingerprint density at radius 2 is 1.76 bits per heavy atom. The van der Waals surface area contributed by atoms with Crippen LogP contribution in [-0.2, 0) is 6.54 Å². The smallest absolute Gasteiger partial charge is 0.321 e. The van der Waals surface area contributed by atoms with E-state index in [4.69, 9.17) is 11.6 Å². The first-order chi connectivity index (χ1) is 16.1. The van der Waals surface area contributed by atoms with Gasteiger partial charge in [-0.05, 0) is 18.2 Å². The van der Waals surface area contributed by atoms with Crippen molar-refractivity contribution in [3.05, 3.63) is 81.7 Å². The first-order valence-corrected chi connectivity index (χ1v) is 11.7. The molecule has 1 aliphatic heterocycles. The maximum atomic E-state index is 12.6. The second-order valence-electron chi connectivity index (χ2n) is 7.73. The van der Waals surface area contributed by atoms with Gasteiger partial charge in [-0.1, -0.05) is 59.3 Å². The molecule has 0 radical (unpaired) electrons. The van der Waals surface area contributed by atoms with Crippen LogP contribution in [0.3, 0.4) is 0 Å². The second-order valence-corrected chi connectivity index (χ2v) is 9.09. The van der Waals surface area contributed by atoms with Gasteiger partial charge in [0.2, 0.25) is 4.96 Å². The number of para-hydroxylation sites is 1. The quantitative estimate of drug-likeness (QED) is 0.480. The molecule has 1 fully saturated rings. The van der Waals surface area contributed by atoms with Crippen LogP contribution in [0, 0.1) is 0 Å². The van der Waals surface area contributed by atoms with Crippen LogP contribution in [0.2, 0.25) is 5.02 Å². The highest BCUT2D eigenvalue weighted by molar-refractivity contribution is 7.19. The van der Waals surface area contributed by atoms with Gasteiger partial charge < -0.3 is 10.2 Å². The van der Waals surface area contributed by atoms with E-state index in [9.17, 15) is 9.59 Å². The number of hydrogen-bond donors (Lipinski definition) is 1. The average molecular weight is 481 g/mol. The molecule has 10 heteroatoms. The molecule has 1 saturated heterocycles. The normalized spacial score (nSPS) is 14.5. The van der Waals surface area contributed by atoms with Crippen LogP contribution in [0.15, 0.2) is 65.5 Å². The van der Waals surface area contributed by atoms with Crippen LogP contribution in [0.25, 0.3) is 15.5 Å². The van der Waals surface area contributed by atoms with Crippen LogP contribution in [0.4, 0.5) is 10.5 Å². The number of halogens is 1. The number of hydrogen-bond acceptors (Lipinski definition) is 6. The fourth-order valence-electron chi connectivity index (χ4n) is 3.74. The van der Waals surface area contributed by atoms with Gasteiger partial charge in [-0.25, -0.2) is 9.78 Å². The van der Waals surface area contributed by atoms with E-state index in [2.05, 4.69) is 20.3 Å². The van der Waals surface area contributed by atoms with E-state index in [-0.39, 0.29) is 11.6 Å². The van der Waals surface area contributed by atoms with Gasteiger partial charge in [0.15, 0.2) is 0 Å². The lowest BCUT2D eigenvalue weighted by atomic mass is 10.2. The van der Waals surface area contributed by atoms with Gasteiger partial charge in [0.1, 0.15) is 5.01 Å². The molecule has 0 spiro atoms. The third-order valence-electron chi connectivity index (χ3n) is 5.47. The highest BCUT2D eigenvalue weighted by Crippen LogP contribution is 2.30. The predicted molar refractivity (Wildman–Crippen MR) is 130 cm³/mol. The molecule has 33 heavy (non-hydrogen) atoms. The molecule has 5 rings (SSSR count). The van der Waals surface area contributed by atoms with E-state index < -0.39 is 0 Å². The number of fused-ring (bicyclic) bond motifs is 1. The number of aromatic nitrogens is 3. The Morgan fingerprint density at radius 3 is 2.52 bits per heavy atom. The molecule has 0 bridgehead atoms. The molecule has 168 valence electrons. The number of nitrogens with zero attached hydrogens (tertiary/aromatic N) is 5. The van der Waals surface area contributed by atoms with E-state index in [0.717, 1.165) is 11.3 Å². The first kappa shape index (κ1) is 21.6. The number of rotatable bonds is 4. The molecule has 1 aliphatic rings. The number of amides is 2. The van der Waals surface area contributed by atoms with E-state index in [1.54, 1.807) is 11.0 Å². The summed E-state index contributed by atoms with van der Waals surface area (Å²) in [5, 5.41) is 8.56. The fourth-order valence-corrected chi connectivity index (χ4v) is 4.99. The molecule has 8 nitrogen and oxygen atoms in total. The van der Waals surface area contributed by atoms with Crippen LogP contribution < -0.4 is 10.9 Å². The topological polar surface area (TPSA) is 82.8 Å². The monoisotopic (exact) mass is 480 g/mol. The van der Waals surface area contributed by atoms with Gasteiger partial charge in [-0.15, -0.1) is 0 Å². The molecule has 0 unspecified atom stereocenters.